The van der Waals surface area contributed by atoms with Gasteiger partial charge in [-0.05, 0) is 32.0 Å². The molecule has 6 nitrogen and oxygen atoms in total. The molecule has 0 atom stereocenters. The first-order valence-electron chi connectivity index (χ1n) is 7.17. The van der Waals surface area contributed by atoms with Crippen LogP contribution >= 0.6 is 22.7 Å². The van der Waals surface area contributed by atoms with Crippen LogP contribution in [0.5, 0.6) is 0 Å². The van der Waals surface area contributed by atoms with Crippen LogP contribution in [0.2, 0.25) is 0 Å². The van der Waals surface area contributed by atoms with E-state index in [9.17, 15) is 9.59 Å². The second-order valence-corrected chi connectivity index (χ2v) is 7.39. The van der Waals surface area contributed by atoms with Crippen LogP contribution in [0.25, 0.3) is 11.3 Å². The van der Waals surface area contributed by atoms with Crippen molar-refractivity contribution in [2.45, 2.75) is 13.8 Å². The molecule has 0 aliphatic rings. The fourth-order valence-electron chi connectivity index (χ4n) is 2.16. The lowest BCUT2D eigenvalue weighted by Gasteiger charge is -2.03. The zero-order chi connectivity index (χ0) is 17.1. The SMILES string of the molecule is Cc1cc(-c2csc(NC(=O)CNC(=O)c3ccco3)n2)c(C)s1. The van der Waals surface area contributed by atoms with Crippen molar-refractivity contribution >= 4 is 39.6 Å². The number of nitrogens with one attached hydrogen (secondary N) is 2. The Morgan fingerprint density at radius 3 is 2.83 bits per heavy atom. The van der Waals surface area contributed by atoms with Crippen LogP contribution in [0.1, 0.15) is 20.3 Å². The van der Waals surface area contributed by atoms with Crippen molar-refractivity contribution in [1.82, 2.24) is 10.3 Å². The van der Waals surface area contributed by atoms with Crippen LogP contribution in [0.4, 0.5) is 5.13 Å². The Balaban J connectivity index is 1.57. The number of hydrogen-bond acceptors (Lipinski definition) is 6. The van der Waals surface area contributed by atoms with Crippen LogP contribution in [0.3, 0.4) is 0 Å². The third-order valence-electron chi connectivity index (χ3n) is 3.22. The molecule has 0 aromatic carbocycles. The molecule has 0 aliphatic carbocycles. The van der Waals surface area contributed by atoms with Gasteiger partial charge >= 0.3 is 0 Å². The molecule has 0 radical (unpaired) electrons. The predicted molar refractivity (Wildman–Crippen MR) is 94.6 cm³/mol. The van der Waals surface area contributed by atoms with Gasteiger partial charge < -0.3 is 15.1 Å². The summed E-state index contributed by atoms with van der Waals surface area (Å²) in [7, 11) is 0. The number of carbonyl (C=O) groups excluding carboxylic acids is 2. The number of nitrogens with zero attached hydrogens (tertiary/aromatic N) is 1. The van der Waals surface area contributed by atoms with Crippen molar-refractivity contribution in [3.63, 3.8) is 0 Å². The van der Waals surface area contributed by atoms with Gasteiger partial charge in [-0.1, -0.05) is 0 Å². The summed E-state index contributed by atoms with van der Waals surface area (Å²) in [6.07, 6.45) is 1.40. The number of aryl methyl sites for hydroxylation is 2. The van der Waals surface area contributed by atoms with Crippen LogP contribution in [0.15, 0.2) is 34.3 Å². The van der Waals surface area contributed by atoms with E-state index in [0.29, 0.717) is 5.13 Å². The van der Waals surface area contributed by atoms with Crippen LogP contribution in [-0.2, 0) is 4.79 Å². The largest absolute Gasteiger partial charge is 0.459 e. The van der Waals surface area contributed by atoms with E-state index in [4.69, 9.17) is 4.42 Å². The van der Waals surface area contributed by atoms with Crippen molar-refractivity contribution in [2.75, 3.05) is 11.9 Å². The van der Waals surface area contributed by atoms with E-state index in [0.717, 1.165) is 11.3 Å². The van der Waals surface area contributed by atoms with Gasteiger partial charge in [0.2, 0.25) is 5.91 Å². The number of amides is 2. The van der Waals surface area contributed by atoms with Gasteiger partial charge in [0.1, 0.15) is 0 Å². The molecular weight excluding hydrogens is 346 g/mol. The Kier molecular flexibility index (Phi) is 4.77. The highest BCUT2D eigenvalue weighted by atomic mass is 32.1. The fourth-order valence-corrected chi connectivity index (χ4v) is 3.82. The molecule has 0 aliphatic heterocycles. The highest BCUT2D eigenvalue weighted by Crippen LogP contribution is 2.32. The molecule has 0 fully saturated rings. The molecule has 3 aromatic heterocycles. The van der Waals surface area contributed by atoms with Crippen molar-refractivity contribution in [3.05, 3.63) is 45.4 Å². The van der Waals surface area contributed by atoms with Gasteiger partial charge in [-0.25, -0.2) is 4.98 Å². The van der Waals surface area contributed by atoms with E-state index in [2.05, 4.69) is 35.5 Å². The van der Waals surface area contributed by atoms with Crippen molar-refractivity contribution in [3.8, 4) is 11.3 Å². The first-order valence-corrected chi connectivity index (χ1v) is 8.87. The van der Waals surface area contributed by atoms with E-state index < -0.39 is 5.91 Å². The summed E-state index contributed by atoms with van der Waals surface area (Å²) in [6.45, 7) is 3.96. The smallest absolute Gasteiger partial charge is 0.287 e. The summed E-state index contributed by atoms with van der Waals surface area (Å²) in [5.74, 6) is -0.601. The summed E-state index contributed by atoms with van der Waals surface area (Å²) >= 11 is 3.07. The van der Waals surface area contributed by atoms with E-state index in [1.165, 1.54) is 33.4 Å². The average molecular weight is 361 g/mol. The van der Waals surface area contributed by atoms with Gasteiger partial charge in [-0.2, -0.15) is 0 Å². The Labute approximate surface area is 146 Å². The van der Waals surface area contributed by atoms with E-state index >= 15 is 0 Å². The van der Waals surface area contributed by atoms with Gasteiger partial charge in [0, 0.05) is 20.7 Å². The number of rotatable bonds is 5. The molecule has 8 heteroatoms. The van der Waals surface area contributed by atoms with Crippen molar-refractivity contribution in [2.24, 2.45) is 0 Å². The van der Waals surface area contributed by atoms with Crippen LogP contribution < -0.4 is 10.6 Å². The van der Waals surface area contributed by atoms with Crippen molar-refractivity contribution < 1.29 is 14.0 Å². The van der Waals surface area contributed by atoms with Crippen LogP contribution in [0, 0.1) is 13.8 Å². The first-order chi connectivity index (χ1) is 11.5. The lowest BCUT2D eigenvalue weighted by molar-refractivity contribution is -0.115. The predicted octanol–water partition coefficient (Wildman–Crippen LogP) is 3.45. The second-order valence-electron chi connectivity index (χ2n) is 5.07. The molecule has 0 saturated heterocycles. The summed E-state index contributed by atoms with van der Waals surface area (Å²) in [5, 5.41) is 7.59. The van der Waals surface area contributed by atoms with E-state index in [-0.39, 0.29) is 18.2 Å². The van der Waals surface area contributed by atoms with Crippen molar-refractivity contribution in [1.29, 1.82) is 0 Å². The van der Waals surface area contributed by atoms with E-state index in [1.54, 1.807) is 17.4 Å². The van der Waals surface area contributed by atoms with Gasteiger partial charge in [-0.15, -0.1) is 22.7 Å². The zero-order valence-electron chi connectivity index (χ0n) is 13.1. The molecular formula is C16H15N3O3S2. The maximum absolute atomic E-state index is 11.9. The number of anilines is 1. The number of thiazole rings is 1. The number of hydrogen-bond donors (Lipinski definition) is 2. The summed E-state index contributed by atoms with van der Waals surface area (Å²) in [5.41, 5.74) is 1.93. The zero-order valence-corrected chi connectivity index (χ0v) is 14.7. The molecule has 2 amide bonds. The highest BCUT2D eigenvalue weighted by Gasteiger charge is 2.13. The first kappa shape index (κ1) is 16.4. The Bertz CT molecular complexity index is 865. The monoisotopic (exact) mass is 361 g/mol. The van der Waals surface area contributed by atoms with Gasteiger partial charge in [0.05, 0.1) is 18.5 Å². The Morgan fingerprint density at radius 1 is 1.33 bits per heavy atom. The third kappa shape index (κ3) is 3.72. The highest BCUT2D eigenvalue weighted by molar-refractivity contribution is 7.14. The third-order valence-corrected chi connectivity index (χ3v) is 4.95. The standard InChI is InChI=1S/C16H15N3O3S2/c1-9-6-11(10(2)24-9)12-8-23-16(18-12)19-14(20)7-17-15(21)13-4-3-5-22-13/h3-6,8H,7H2,1-2H3,(H,17,21)(H,18,19,20). The lowest BCUT2D eigenvalue weighted by Crippen LogP contribution is -2.32. The normalized spacial score (nSPS) is 10.6. The number of furan rings is 1. The van der Waals surface area contributed by atoms with Gasteiger partial charge in [-0.3, -0.25) is 9.59 Å². The van der Waals surface area contributed by atoms with E-state index in [1.807, 2.05) is 5.38 Å². The number of thiophene rings is 1. The molecule has 0 bridgehead atoms. The van der Waals surface area contributed by atoms with Gasteiger partial charge in [0.25, 0.3) is 5.91 Å². The molecule has 0 saturated carbocycles. The lowest BCUT2D eigenvalue weighted by atomic mass is 10.2. The maximum atomic E-state index is 11.9. The van der Waals surface area contributed by atoms with Crippen LogP contribution in [-0.4, -0.2) is 23.3 Å². The number of aromatic nitrogens is 1. The Hall–Kier alpha value is -2.45. The molecule has 24 heavy (non-hydrogen) atoms. The average Bonchev–Trinajstić information content (AvgIpc) is 3.26. The quantitative estimate of drug-likeness (QED) is 0.729. The molecule has 3 aromatic rings. The molecule has 2 N–H and O–H groups in total. The molecule has 0 spiro atoms. The minimum Gasteiger partial charge on any atom is -0.459 e. The Morgan fingerprint density at radius 2 is 2.17 bits per heavy atom. The van der Waals surface area contributed by atoms with Gasteiger partial charge in [0.15, 0.2) is 10.9 Å². The minimum absolute atomic E-state index is 0.148. The topological polar surface area (TPSA) is 84.2 Å². The number of carbonyl (C=O) groups is 2. The summed E-state index contributed by atoms with van der Waals surface area (Å²) in [6, 6.07) is 5.23. The summed E-state index contributed by atoms with van der Waals surface area (Å²) in [4.78, 5) is 30.5. The molecule has 124 valence electrons. The molecule has 0 unspecified atom stereocenters. The molecule has 3 rings (SSSR count). The second kappa shape index (κ2) is 6.98. The maximum Gasteiger partial charge on any atom is 0.287 e. The molecule has 3 heterocycles. The summed E-state index contributed by atoms with van der Waals surface area (Å²) < 4.78 is 4.96. The minimum atomic E-state index is -0.431. The fraction of sp³-hybridized carbons (Fsp3) is 0.188.